The van der Waals surface area contributed by atoms with Gasteiger partial charge >= 0.3 is 5.97 Å². The number of rotatable bonds is 7. The number of hydrogen-bond donors (Lipinski definition) is 0. The number of nitrogens with zero attached hydrogens (tertiary/aromatic N) is 3. The van der Waals surface area contributed by atoms with E-state index >= 15 is 0 Å². The molecule has 0 atom stereocenters. The zero-order valence-electron chi connectivity index (χ0n) is 12.4. The molecule has 0 spiro atoms. The first-order valence-corrected chi connectivity index (χ1v) is 7.28. The first-order valence-electron chi connectivity index (χ1n) is 6.40. The van der Waals surface area contributed by atoms with Gasteiger partial charge in [0.05, 0.1) is 25.3 Å². The summed E-state index contributed by atoms with van der Waals surface area (Å²) in [6.07, 6.45) is 0.319. The van der Waals surface area contributed by atoms with Crippen molar-refractivity contribution >= 4 is 23.2 Å². The van der Waals surface area contributed by atoms with Crippen LogP contribution >= 0.6 is 11.3 Å². The third kappa shape index (κ3) is 5.66. The van der Waals surface area contributed by atoms with E-state index in [1.165, 1.54) is 11.3 Å². The number of amides is 1. The van der Waals surface area contributed by atoms with E-state index in [1.54, 1.807) is 25.9 Å². The molecule has 20 heavy (non-hydrogen) atoms. The average molecular weight is 299 g/mol. The SMILES string of the molecule is CCOC(=O)CN(C)Cc1csc(CC(=O)N(C)C)n1. The van der Waals surface area contributed by atoms with Gasteiger partial charge < -0.3 is 9.64 Å². The fourth-order valence-electron chi connectivity index (χ4n) is 1.55. The van der Waals surface area contributed by atoms with E-state index in [-0.39, 0.29) is 18.4 Å². The van der Waals surface area contributed by atoms with Crippen molar-refractivity contribution in [3.63, 3.8) is 0 Å². The highest BCUT2D eigenvalue weighted by Gasteiger charge is 2.12. The normalized spacial score (nSPS) is 10.7. The van der Waals surface area contributed by atoms with Crippen LogP contribution in [0.3, 0.4) is 0 Å². The highest BCUT2D eigenvalue weighted by atomic mass is 32.1. The standard InChI is InChI=1S/C13H21N3O3S/c1-5-19-13(18)8-16(4)7-10-9-20-11(14-10)6-12(17)15(2)3/h9H,5-8H2,1-4H3. The summed E-state index contributed by atoms with van der Waals surface area (Å²) in [6.45, 7) is 2.97. The molecule has 0 aromatic carbocycles. The van der Waals surface area contributed by atoms with E-state index in [2.05, 4.69) is 4.98 Å². The molecule has 0 aliphatic rings. The first kappa shape index (κ1) is 16.6. The second-order valence-electron chi connectivity index (χ2n) is 4.67. The zero-order chi connectivity index (χ0) is 15.1. The Morgan fingerprint density at radius 1 is 1.35 bits per heavy atom. The summed E-state index contributed by atoms with van der Waals surface area (Å²) < 4.78 is 4.89. The molecule has 1 rings (SSSR count). The summed E-state index contributed by atoms with van der Waals surface area (Å²) in [7, 11) is 5.29. The second-order valence-corrected chi connectivity index (χ2v) is 5.62. The molecule has 112 valence electrons. The van der Waals surface area contributed by atoms with Crippen LogP contribution in [-0.4, -0.2) is 61.0 Å². The molecule has 7 heteroatoms. The van der Waals surface area contributed by atoms with Crippen LogP contribution in [-0.2, 0) is 27.3 Å². The quantitative estimate of drug-likeness (QED) is 0.696. The molecule has 0 saturated heterocycles. The van der Waals surface area contributed by atoms with Crippen LogP contribution < -0.4 is 0 Å². The number of esters is 1. The second kappa shape index (κ2) is 7.96. The largest absolute Gasteiger partial charge is 0.465 e. The number of carbonyl (C=O) groups is 2. The van der Waals surface area contributed by atoms with Crippen molar-refractivity contribution in [1.29, 1.82) is 0 Å². The molecule has 0 aliphatic heterocycles. The van der Waals surface area contributed by atoms with E-state index in [9.17, 15) is 9.59 Å². The maximum absolute atomic E-state index is 11.6. The lowest BCUT2D eigenvalue weighted by Crippen LogP contribution is -2.27. The Labute approximate surface area is 123 Å². The van der Waals surface area contributed by atoms with Gasteiger partial charge in [0.1, 0.15) is 5.01 Å². The number of ether oxygens (including phenoxy) is 1. The minimum atomic E-state index is -0.242. The highest BCUT2D eigenvalue weighted by molar-refractivity contribution is 7.09. The summed E-state index contributed by atoms with van der Waals surface area (Å²) in [6, 6.07) is 0. The van der Waals surface area contributed by atoms with Crippen molar-refractivity contribution in [2.45, 2.75) is 19.9 Å². The van der Waals surface area contributed by atoms with Gasteiger partial charge in [-0.2, -0.15) is 0 Å². The smallest absolute Gasteiger partial charge is 0.320 e. The predicted octanol–water partition coefficient (Wildman–Crippen LogP) is 0.769. The molecule has 0 fully saturated rings. The van der Waals surface area contributed by atoms with Gasteiger partial charge in [0.2, 0.25) is 5.91 Å². The van der Waals surface area contributed by atoms with E-state index in [4.69, 9.17) is 4.74 Å². The van der Waals surface area contributed by atoms with Crippen molar-refractivity contribution in [3.05, 3.63) is 16.1 Å². The van der Waals surface area contributed by atoms with Gasteiger partial charge in [-0.1, -0.05) is 0 Å². The predicted molar refractivity (Wildman–Crippen MR) is 77.5 cm³/mol. The molecular formula is C13H21N3O3S. The fourth-order valence-corrected chi connectivity index (χ4v) is 2.33. The zero-order valence-corrected chi connectivity index (χ0v) is 13.2. The Balaban J connectivity index is 2.47. The van der Waals surface area contributed by atoms with Gasteiger partial charge in [0.25, 0.3) is 0 Å². The van der Waals surface area contributed by atoms with Crippen LogP contribution in [0.15, 0.2) is 5.38 Å². The van der Waals surface area contributed by atoms with E-state index in [1.807, 2.05) is 17.3 Å². The summed E-state index contributed by atoms with van der Waals surface area (Å²) in [4.78, 5) is 30.7. The molecule has 1 amide bonds. The molecule has 0 aliphatic carbocycles. The van der Waals surface area contributed by atoms with Gasteiger partial charge in [-0.25, -0.2) is 4.98 Å². The van der Waals surface area contributed by atoms with Crippen molar-refractivity contribution in [2.75, 3.05) is 34.3 Å². The monoisotopic (exact) mass is 299 g/mol. The lowest BCUT2D eigenvalue weighted by molar-refractivity contribution is -0.144. The van der Waals surface area contributed by atoms with E-state index in [0.717, 1.165) is 10.7 Å². The summed E-state index contributed by atoms with van der Waals surface area (Å²) in [5.41, 5.74) is 0.864. The Morgan fingerprint density at radius 3 is 2.65 bits per heavy atom. The molecule has 0 unspecified atom stereocenters. The van der Waals surface area contributed by atoms with Crippen LogP contribution in [0, 0.1) is 0 Å². The van der Waals surface area contributed by atoms with Crippen molar-refractivity contribution < 1.29 is 14.3 Å². The molecule has 0 N–H and O–H groups in total. The third-order valence-electron chi connectivity index (χ3n) is 2.54. The summed E-state index contributed by atoms with van der Waals surface area (Å²) in [5.74, 6) is -0.209. The summed E-state index contributed by atoms with van der Waals surface area (Å²) in [5, 5.41) is 2.71. The Kier molecular flexibility index (Phi) is 6.60. The van der Waals surface area contributed by atoms with E-state index < -0.39 is 0 Å². The Bertz CT molecular complexity index is 459. The summed E-state index contributed by atoms with van der Waals surface area (Å²) >= 11 is 1.46. The number of likely N-dealkylation sites (N-methyl/N-ethyl adjacent to an activating group) is 2. The maximum atomic E-state index is 11.6. The third-order valence-corrected chi connectivity index (χ3v) is 3.43. The molecule has 0 radical (unpaired) electrons. The van der Waals surface area contributed by atoms with Gasteiger partial charge in [-0.05, 0) is 14.0 Å². The number of aromatic nitrogens is 1. The van der Waals surface area contributed by atoms with Crippen molar-refractivity contribution in [1.82, 2.24) is 14.8 Å². The maximum Gasteiger partial charge on any atom is 0.320 e. The number of hydrogen-bond acceptors (Lipinski definition) is 6. The number of carbonyl (C=O) groups excluding carboxylic acids is 2. The molecule has 0 bridgehead atoms. The molecule has 0 saturated carbocycles. The van der Waals surface area contributed by atoms with Gasteiger partial charge in [0.15, 0.2) is 0 Å². The molecule has 1 aromatic heterocycles. The van der Waals surface area contributed by atoms with Crippen molar-refractivity contribution in [2.24, 2.45) is 0 Å². The molecular weight excluding hydrogens is 278 g/mol. The average Bonchev–Trinajstić information content (AvgIpc) is 2.76. The van der Waals surface area contributed by atoms with Gasteiger partial charge in [0, 0.05) is 26.0 Å². The van der Waals surface area contributed by atoms with Crippen LogP contribution in [0.4, 0.5) is 0 Å². The lowest BCUT2D eigenvalue weighted by Gasteiger charge is -2.13. The Hall–Kier alpha value is -1.47. The van der Waals surface area contributed by atoms with Crippen LogP contribution in [0.25, 0.3) is 0 Å². The molecule has 1 aromatic rings. The molecule has 6 nitrogen and oxygen atoms in total. The van der Waals surface area contributed by atoms with Crippen molar-refractivity contribution in [3.8, 4) is 0 Å². The first-order chi connectivity index (χ1) is 9.42. The van der Waals surface area contributed by atoms with Crippen LogP contribution in [0.1, 0.15) is 17.6 Å². The van der Waals surface area contributed by atoms with Gasteiger partial charge in [-0.3, -0.25) is 14.5 Å². The topological polar surface area (TPSA) is 62.7 Å². The Morgan fingerprint density at radius 2 is 2.05 bits per heavy atom. The van der Waals surface area contributed by atoms with E-state index in [0.29, 0.717) is 19.6 Å². The van der Waals surface area contributed by atoms with Gasteiger partial charge in [-0.15, -0.1) is 11.3 Å². The number of thiazole rings is 1. The lowest BCUT2D eigenvalue weighted by atomic mass is 10.4. The minimum absolute atomic E-state index is 0.0331. The van der Waals surface area contributed by atoms with Crippen LogP contribution in [0.2, 0.25) is 0 Å². The highest BCUT2D eigenvalue weighted by Crippen LogP contribution is 2.12. The van der Waals surface area contributed by atoms with Crippen LogP contribution in [0.5, 0.6) is 0 Å². The molecule has 1 heterocycles. The minimum Gasteiger partial charge on any atom is -0.465 e. The fraction of sp³-hybridized carbons (Fsp3) is 0.615.